The SMILES string of the molecule is CNC(Cc1ncnn1CC(C)C)c1cc(OC)ncn1. The maximum atomic E-state index is 5.15. The van der Waals surface area contributed by atoms with Gasteiger partial charge in [-0.1, -0.05) is 13.8 Å². The molecule has 1 N–H and O–H groups in total. The normalized spacial score (nSPS) is 12.6. The van der Waals surface area contributed by atoms with E-state index in [9.17, 15) is 0 Å². The molecule has 0 saturated carbocycles. The van der Waals surface area contributed by atoms with Crippen molar-refractivity contribution in [2.45, 2.75) is 32.9 Å². The van der Waals surface area contributed by atoms with Crippen LogP contribution in [0.15, 0.2) is 18.7 Å². The number of ether oxygens (including phenoxy) is 1. The summed E-state index contributed by atoms with van der Waals surface area (Å²) in [5.74, 6) is 2.03. The summed E-state index contributed by atoms with van der Waals surface area (Å²) in [7, 11) is 3.50. The number of hydrogen-bond donors (Lipinski definition) is 1. The summed E-state index contributed by atoms with van der Waals surface area (Å²) in [5.41, 5.74) is 0.878. The lowest BCUT2D eigenvalue weighted by Crippen LogP contribution is -2.23. The van der Waals surface area contributed by atoms with Crippen LogP contribution in [0.2, 0.25) is 0 Å². The van der Waals surface area contributed by atoms with E-state index in [2.05, 4.69) is 39.2 Å². The van der Waals surface area contributed by atoms with Crippen LogP contribution in [0.4, 0.5) is 0 Å². The van der Waals surface area contributed by atoms with E-state index in [-0.39, 0.29) is 6.04 Å². The van der Waals surface area contributed by atoms with E-state index < -0.39 is 0 Å². The molecule has 0 fully saturated rings. The average molecular weight is 290 g/mol. The molecule has 0 spiro atoms. The fraction of sp³-hybridized carbons (Fsp3) is 0.571. The molecule has 2 aromatic rings. The standard InChI is InChI=1S/C14H22N6O/c1-10(2)7-20-13(17-9-19-20)5-11(15-3)12-6-14(21-4)18-8-16-12/h6,8-11,15H,5,7H2,1-4H3. The molecule has 0 aliphatic carbocycles. The molecule has 7 heteroatoms. The highest BCUT2D eigenvalue weighted by molar-refractivity contribution is 5.17. The predicted molar refractivity (Wildman–Crippen MR) is 78.9 cm³/mol. The van der Waals surface area contributed by atoms with Gasteiger partial charge in [-0.05, 0) is 13.0 Å². The van der Waals surface area contributed by atoms with Crippen molar-refractivity contribution in [3.05, 3.63) is 30.2 Å². The predicted octanol–water partition coefficient (Wildman–Crippen LogP) is 1.24. The summed E-state index contributed by atoms with van der Waals surface area (Å²) in [6, 6.07) is 1.88. The maximum Gasteiger partial charge on any atom is 0.216 e. The van der Waals surface area contributed by atoms with Gasteiger partial charge in [-0.15, -0.1) is 0 Å². The zero-order valence-corrected chi connectivity index (χ0v) is 12.9. The van der Waals surface area contributed by atoms with Crippen LogP contribution in [-0.4, -0.2) is 38.9 Å². The number of nitrogens with zero attached hydrogens (tertiary/aromatic N) is 5. The zero-order valence-electron chi connectivity index (χ0n) is 12.9. The first kappa shape index (κ1) is 15.4. The zero-order chi connectivity index (χ0) is 15.2. The van der Waals surface area contributed by atoms with Crippen LogP contribution >= 0.6 is 0 Å². The van der Waals surface area contributed by atoms with E-state index in [4.69, 9.17) is 4.74 Å². The van der Waals surface area contributed by atoms with Gasteiger partial charge in [-0.3, -0.25) is 0 Å². The third kappa shape index (κ3) is 3.98. The number of aromatic nitrogens is 5. The van der Waals surface area contributed by atoms with Crippen LogP contribution in [0.25, 0.3) is 0 Å². The molecule has 2 rings (SSSR count). The Kier molecular flexibility index (Phi) is 5.21. The second-order valence-electron chi connectivity index (χ2n) is 5.28. The van der Waals surface area contributed by atoms with Gasteiger partial charge in [0, 0.05) is 19.0 Å². The van der Waals surface area contributed by atoms with Crippen LogP contribution in [0.3, 0.4) is 0 Å². The number of nitrogens with one attached hydrogen (secondary N) is 1. The monoisotopic (exact) mass is 290 g/mol. The topological polar surface area (TPSA) is 77.8 Å². The maximum absolute atomic E-state index is 5.15. The summed E-state index contributed by atoms with van der Waals surface area (Å²) in [5, 5.41) is 7.55. The second-order valence-corrected chi connectivity index (χ2v) is 5.28. The van der Waals surface area contributed by atoms with Gasteiger partial charge in [-0.2, -0.15) is 5.10 Å². The van der Waals surface area contributed by atoms with Crippen molar-refractivity contribution in [3.63, 3.8) is 0 Å². The van der Waals surface area contributed by atoms with Crippen LogP contribution in [0.5, 0.6) is 5.88 Å². The molecule has 1 unspecified atom stereocenters. The molecular formula is C14H22N6O. The molecule has 0 bridgehead atoms. The highest BCUT2D eigenvalue weighted by Crippen LogP contribution is 2.18. The molecule has 2 aromatic heterocycles. The Morgan fingerprint density at radius 2 is 2.05 bits per heavy atom. The first-order valence-corrected chi connectivity index (χ1v) is 7.04. The molecule has 0 aliphatic rings. The number of hydrogen-bond acceptors (Lipinski definition) is 6. The lowest BCUT2D eigenvalue weighted by molar-refractivity contribution is 0.393. The van der Waals surface area contributed by atoms with Crippen molar-refractivity contribution in [1.29, 1.82) is 0 Å². The van der Waals surface area contributed by atoms with E-state index in [0.29, 0.717) is 18.2 Å². The van der Waals surface area contributed by atoms with Gasteiger partial charge in [0.15, 0.2) is 0 Å². The highest BCUT2D eigenvalue weighted by Gasteiger charge is 2.17. The molecule has 0 radical (unpaired) electrons. The third-order valence-corrected chi connectivity index (χ3v) is 3.20. The summed E-state index contributed by atoms with van der Waals surface area (Å²) in [4.78, 5) is 12.7. The Hall–Kier alpha value is -2.02. The minimum absolute atomic E-state index is 0.0389. The molecule has 1 atom stereocenters. The van der Waals surface area contributed by atoms with Gasteiger partial charge in [-0.25, -0.2) is 19.6 Å². The Bertz CT molecular complexity index is 568. The van der Waals surface area contributed by atoms with Crippen LogP contribution in [0, 0.1) is 5.92 Å². The van der Waals surface area contributed by atoms with E-state index >= 15 is 0 Å². The number of likely N-dealkylation sites (N-methyl/N-ethyl adjacent to an activating group) is 1. The Balaban J connectivity index is 2.17. The molecule has 2 heterocycles. The molecule has 0 aliphatic heterocycles. The largest absolute Gasteiger partial charge is 0.481 e. The minimum Gasteiger partial charge on any atom is -0.481 e. The van der Waals surface area contributed by atoms with E-state index in [1.165, 1.54) is 6.33 Å². The summed E-state index contributed by atoms with van der Waals surface area (Å²) < 4.78 is 7.10. The lowest BCUT2D eigenvalue weighted by atomic mass is 10.1. The van der Waals surface area contributed by atoms with E-state index in [1.807, 2.05) is 17.8 Å². The molecule has 0 aromatic carbocycles. The minimum atomic E-state index is 0.0389. The van der Waals surface area contributed by atoms with Gasteiger partial charge in [0.1, 0.15) is 18.5 Å². The van der Waals surface area contributed by atoms with Gasteiger partial charge in [0.2, 0.25) is 5.88 Å². The third-order valence-electron chi connectivity index (χ3n) is 3.20. The van der Waals surface area contributed by atoms with Gasteiger partial charge in [0.25, 0.3) is 0 Å². The average Bonchev–Trinajstić information content (AvgIpc) is 2.91. The van der Waals surface area contributed by atoms with Crippen molar-refractivity contribution < 1.29 is 4.74 Å². The number of methoxy groups -OCH3 is 1. The smallest absolute Gasteiger partial charge is 0.216 e. The van der Waals surface area contributed by atoms with Gasteiger partial charge >= 0.3 is 0 Å². The van der Waals surface area contributed by atoms with E-state index in [1.54, 1.807) is 13.4 Å². The molecule has 21 heavy (non-hydrogen) atoms. The van der Waals surface area contributed by atoms with Gasteiger partial charge < -0.3 is 10.1 Å². The molecule has 0 amide bonds. The van der Waals surface area contributed by atoms with Crippen LogP contribution in [0.1, 0.15) is 31.4 Å². The van der Waals surface area contributed by atoms with Crippen molar-refractivity contribution in [3.8, 4) is 5.88 Å². The first-order chi connectivity index (χ1) is 10.1. The fourth-order valence-corrected chi connectivity index (χ4v) is 2.14. The Morgan fingerprint density at radius 3 is 2.71 bits per heavy atom. The van der Waals surface area contributed by atoms with E-state index in [0.717, 1.165) is 18.1 Å². The molecule has 0 saturated heterocycles. The Morgan fingerprint density at radius 1 is 1.24 bits per heavy atom. The highest BCUT2D eigenvalue weighted by atomic mass is 16.5. The summed E-state index contributed by atoms with van der Waals surface area (Å²) >= 11 is 0. The lowest BCUT2D eigenvalue weighted by Gasteiger charge is -2.16. The second kappa shape index (κ2) is 7.12. The first-order valence-electron chi connectivity index (χ1n) is 7.04. The van der Waals surface area contributed by atoms with Crippen molar-refractivity contribution in [1.82, 2.24) is 30.0 Å². The summed E-state index contributed by atoms with van der Waals surface area (Å²) in [6.45, 7) is 5.19. The van der Waals surface area contributed by atoms with Crippen LogP contribution < -0.4 is 10.1 Å². The van der Waals surface area contributed by atoms with Crippen molar-refractivity contribution >= 4 is 0 Å². The van der Waals surface area contributed by atoms with Crippen molar-refractivity contribution in [2.24, 2.45) is 5.92 Å². The summed E-state index contributed by atoms with van der Waals surface area (Å²) in [6.07, 6.45) is 3.83. The molecule has 114 valence electrons. The fourth-order valence-electron chi connectivity index (χ4n) is 2.14. The van der Waals surface area contributed by atoms with Gasteiger partial charge in [0.05, 0.1) is 18.8 Å². The quantitative estimate of drug-likeness (QED) is 0.826. The Labute approximate surface area is 124 Å². The van der Waals surface area contributed by atoms with Crippen molar-refractivity contribution in [2.75, 3.05) is 14.2 Å². The molecular weight excluding hydrogens is 268 g/mol. The van der Waals surface area contributed by atoms with Crippen LogP contribution in [-0.2, 0) is 13.0 Å². The molecule has 7 nitrogen and oxygen atoms in total. The number of rotatable bonds is 7.